The average Bonchev–Trinajstić information content (AvgIpc) is 2.58. The Morgan fingerprint density at radius 3 is 2.87 bits per heavy atom. The Hall–Kier alpha value is -2.11. The molecular formula is C9H11N5O. The second kappa shape index (κ2) is 3.56. The number of nitrogen functional groups attached to an aromatic ring is 1. The van der Waals surface area contributed by atoms with Crippen LogP contribution in [0, 0.1) is 0 Å². The minimum Gasteiger partial charge on any atom is -0.398 e. The van der Waals surface area contributed by atoms with Crippen molar-refractivity contribution in [2.75, 3.05) is 5.73 Å². The SMILES string of the molecule is Cn1cc(Cn2cc(N)ccc2=O)nn1. The molecule has 78 valence electrons. The summed E-state index contributed by atoms with van der Waals surface area (Å²) in [4.78, 5) is 11.4. The van der Waals surface area contributed by atoms with Crippen LogP contribution in [0.2, 0.25) is 0 Å². The van der Waals surface area contributed by atoms with Gasteiger partial charge in [-0.25, -0.2) is 0 Å². The molecular weight excluding hydrogens is 194 g/mol. The fourth-order valence-electron chi connectivity index (χ4n) is 1.32. The Balaban J connectivity index is 2.31. The largest absolute Gasteiger partial charge is 0.398 e. The predicted octanol–water partition coefficient (Wildman–Crippen LogP) is -0.393. The van der Waals surface area contributed by atoms with Crippen LogP contribution < -0.4 is 11.3 Å². The molecule has 0 atom stereocenters. The van der Waals surface area contributed by atoms with E-state index in [1.807, 2.05) is 0 Å². The third-order valence-corrected chi connectivity index (χ3v) is 1.99. The van der Waals surface area contributed by atoms with Gasteiger partial charge in [0, 0.05) is 31.2 Å². The zero-order valence-electron chi connectivity index (χ0n) is 8.29. The van der Waals surface area contributed by atoms with E-state index in [4.69, 9.17) is 5.73 Å². The third kappa shape index (κ3) is 2.04. The highest BCUT2D eigenvalue weighted by Crippen LogP contribution is 1.99. The highest BCUT2D eigenvalue weighted by Gasteiger charge is 2.01. The van der Waals surface area contributed by atoms with Crippen LogP contribution >= 0.6 is 0 Å². The monoisotopic (exact) mass is 205 g/mol. The van der Waals surface area contributed by atoms with Crippen molar-refractivity contribution in [1.29, 1.82) is 0 Å². The molecule has 0 amide bonds. The number of rotatable bonds is 2. The maximum atomic E-state index is 11.4. The van der Waals surface area contributed by atoms with E-state index in [1.54, 1.807) is 30.2 Å². The number of nitrogens with zero attached hydrogens (tertiary/aromatic N) is 4. The molecule has 2 rings (SSSR count). The standard InChI is InChI=1S/C9H11N5O/c1-13-5-8(11-12-13)6-14-4-7(10)2-3-9(14)15/h2-5H,6,10H2,1H3. The Morgan fingerprint density at radius 1 is 1.40 bits per heavy atom. The molecule has 0 aromatic carbocycles. The molecule has 0 fully saturated rings. The minimum atomic E-state index is -0.102. The zero-order valence-corrected chi connectivity index (χ0v) is 8.29. The summed E-state index contributed by atoms with van der Waals surface area (Å²) in [5.41, 5.74) is 6.76. The fraction of sp³-hybridized carbons (Fsp3) is 0.222. The van der Waals surface area contributed by atoms with Crippen molar-refractivity contribution in [1.82, 2.24) is 19.6 Å². The van der Waals surface area contributed by atoms with Gasteiger partial charge >= 0.3 is 0 Å². The molecule has 2 heterocycles. The topological polar surface area (TPSA) is 78.7 Å². The van der Waals surface area contributed by atoms with Gasteiger partial charge in [0.05, 0.1) is 6.54 Å². The molecule has 2 aromatic rings. The van der Waals surface area contributed by atoms with Gasteiger partial charge in [-0.05, 0) is 6.07 Å². The number of aromatic nitrogens is 4. The van der Waals surface area contributed by atoms with Crippen LogP contribution in [-0.4, -0.2) is 19.6 Å². The molecule has 0 aliphatic heterocycles. The second-order valence-corrected chi connectivity index (χ2v) is 3.31. The van der Waals surface area contributed by atoms with E-state index in [1.165, 1.54) is 10.6 Å². The Bertz CT molecular complexity index is 527. The van der Waals surface area contributed by atoms with E-state index < -0.39 is 0 Å². The number of hydrogen-bond donors (Lipinski definition) is 1. The number of aryl methyl sites for hydroxylation is 1. The molecule has 0 bridgehead atoms. The highest BCUT2D eigenvalue weighted by atomic mass is 16.1. The molecule has 6 heteroatoms. The highest BCUT2D eigenvalue weighted by molar-refractivity contribution is 5.33. The average molecular weight is 205 g/mol. The lowest BCUT2D eigenvalue weighted by atomic mass is 10.4. The van der Waals surface area contributed by atoms with E-state index >= 15 is 0 Å². The molecule has 15 heavy (non-hydrogen) atoms. The van der Waals surface area contributed by atoms with Gasteiger partial charge in [0.15, 0.2) is 0 Å². The van der Waals surface area contributed by atoms with Gasteiger partial charge in [-0.1, -0.05) is 5.21 Å². The Kier molecular flexibility index (Phi) is 2.24. The van der Waals surface area contributed by atoms with Crippen molar-refractivity contribution in [3.05, 3.63) is 40.6 Å². The first-order chi connectivity index (χ1) is 7.15. The first-order valence-electron chi connectivity index (χ1n) is 4.46. The molecule has 0 aliphatic carbocycles. The van der Waals surface area contributed by atoms with Crippen LogP contribution in [0.15, 0.2) is 29.3 Å². The van der Waals surface area contributed by atoms with Crippen molar-refractivity contribution in [3.63, 3.8) is 0 Å². The second-order valence-electron chi connectivity index (χ2n) is 3.31. The molecule has 0 saturated carbocycles. The molecule has 2 aromatic heterocycles. The summed E-state index contributed by atoms with van der Waals surface area (Å²) < 4.78 is 3.09. The van der Waals surface area contributed by atoms with Crippen molar-refractivity contribution in [2.24, 2.45) is 7.05 Å². The lowest BCUT2D eigenvalue weighted by Crippen LogP contribution is -2.19. The maximum Gasteiger partial charge on any atom is 0.251 e. The summed E-state index contributed by atoms with van der Waals surface area (Å²) >= 11 is 0. The zero-order chi connectivity index (χ0) is 10.8. The van der Waals surface area contributed by atoms with Gasteiger partial charge in [-0.15, -0.1) is 5.10 Å². The molecule has 0 radical (unpaired) electrons. The molecule has 0 saturated heterocycles. The van der Waals surface area contributed by atoms with Gasteiger partial charge in [-0.3, -0.25) is 9.48 Å². The van der Waals surface area contributed by atoms with Crippen molar-refractivity contribution < 1.29 is 0 Å². The number of hydrogen-bond acceptors (Lipinski definition) is 4. The minimum absolute atomic E-state index is 0.102. The van der Waals surface area contributed by atoms with Crippen LogP contribution in [0.3, 0.4) is 0 Å². The smallest absolute Gasteiger partial charge is 0.251 e. The van der Waals surface area contributed by atoms with E-state index in [9.17, 15) is 4.79 Å². The van der Waals surface area contributed by atoms with E-state index in [0.717, 1.165) is 5.69 Å². The van der Waals surface area contributed by atoms with Crippen molar-refractivity contribution in [2.45, 2.75) is 6.54 Å². The first kappa shape index (κ1) is 9.45. The number of anilines is 1. The van der Waals surface area contributed by atoms with E-state index in [0.29, 0.717) is 12.2 Å². The van der Waals surface area contributed by atoms with Gasteiger partial charge in [0.25, 0.3) is 5.56 Å². The summed E-state index contributed by atoms with van der Waals surface area (Å²) in [7, 11) is 1.78. The quantitative estimate of drug-likeness (QED) is 0.724. The predicted molar refractivity (Wildman–Crippen MR) is 55.2 cm³/mol. The van der Waals surface area contributed by atoms with Crippen LogP contribution in [0.25, 0.3) is 0 Å². The maximum absolute atomic E-state index is 11.4. The molecule has 0 unspecified atom stereocenters. The molecule has 2 N–H and O–H groups in total. The number of nitrogens with two attached hydrogens (primary N) is 1. The van der Waals surface area contributed by atoms with Crippen LogP contribution in [0.5, 0.6) is 0 Å². The van der Waals surface area contributed by atoms with Crippen LogP contribution in [0.1, 0.15) is 5.69 Å². The van der Waals surface area contributed by atoms with Gasteiger partial charge < -0.3 is 10.3 Å². The van der Waals surface area contributed by atoms with Gasteiger partial charge in [0.2, 0.25) is 0 Å². The number of pyridine rings is 1. The summed E-state index contributed by atoms with van der Waals surface area (Å²) in [5.74, 6) is 0. The lowest BCUT2D eigenvalue weighted by Gasteiger charge is -2.02. The van der Waals surface area contributed by atoms with Crippen LogP contribution in [0.4, 0.5) is 5.69 Å². The summed E-state index contributed by atoms with van der Waals surface area (Å²) in [6, 6.07) is 3.02. The summed E-state index contributed by atoms with van der Waals surface area (Å²) in [5, 5.41) is 7.68. The molecule has 6 nitrogen and oxygen atoms in total. The van der Waals surface area contributed by atoms with E-state index in [-0.39, 0.29) is 5.56 Å². The third-order valence-electron chi connectivity index (χ3n) is 1.99. The first-order valence-corrected chi connectivity index (χ1v) is 4.46. The molecule has 0 spiro atoms. The Labute approximate surface area is 85.9 Å². The van der Waals surface area contributed by atoms with Gasteiger partial charge in [-0.2, -0.15) is 0 Å². The normalized spacial score (nSPS) is 10.5. The van der Waals surface area contributed by atoms with Gasteiger partial charge in [0.1, 0.15) is 5.69 Å². The Morgan fingerprint density at radius 2 is 2.20 bits per heavy atom. The summed E-state index contributed by atoms with van der Waals surface area (Å²) in [6.07, 6.45) is 3.35. The lowest BCUT2D eigenvalue weighted by molar-refractivity contribution is 0.705. The van der Waals surface area contributed by atoms with Crippen LogP contribution in [-0.2, 0) is 13.6 Å². The molecule has 0 aliphatic rings. The van der Waals surface area contributed by atoms with Crippen molar-refractivity contribution >= 4 is 5.69 Å². The summed E-state index contributed by atoms with van der Waals surface area (Å²) in [6.45, 7) is 0.387. The van der Waals surface area contributed by atoms with E-state index in [2.05, 4.69) is 10.3 Å². The fourth-order valence-corrected chi connectivity index (χ4v) is 1.32. The van der Waals surface area contributed by atoms with Crippen molar-refractivity contribution in [3.8, 4) is 0 Å².